The Morgan fingerprint density at radius 1 is 1.07 bits per heavy atom. The first-order chi connectivity index (χ1) is 20.0. The second-order valence-electron chi connectivity index (χ2n) is 10.0. The van der Waals surface area contributed by atoms with E-state index >= 15 is 0 Å². The molecule has 0 fully saturated rings. The number of aromatic nitrogens is 5. The van der Waals surface area contributed by atoms with Gasteiger partial charge in [-0.1, -0.05) is 11.6 Å². The Bertz CT molecular complexity index is 2070. The largest absolute Gasteiger partial charge is 0.489 e. The summed E-state index contributed by atoms with van der Waals surface area (Å²) in [4.78, 5) is 32.0. The first kappa shape index (κ1) is 27.3. The van der Waals surface area contributed by atoms with Gasteiger partial charge in [-0.25, -0.2) is 22.9 Å². The highest BCUT2D eigenvalue weighted by Gasteiger charge is 2.30. The number of halogens is 4. The number of nitrogens with zero attached hydrogens (tertiary/aromatic N) is 6. The molecule has 0 saturated heterocycles. The number of hydrogen-bond donors (Lipinski definition) is 0. The Morgan fingerprint density at radius 2 is 1.81 bits per heavy atom. The molecule has 2 aromatic heterocycles. The lowest BCUT2D eigenvalue weighted by molar-refractivity contribution is 0.257. The van der Waals surface area contributed by atoms with Crippen LogP contribution in [0.15, 0.2) is 52.3 Å². The van der Waals surface area contributed by atoms with Gasteiger partial charge in [-0.3, -0.25) is 18.6 Å². The number of nitriles is 1. The summed E-state index contributed by atoms with van der Waals surface area (Å²) in [6, 6.07) is 9.95. The second kappa shape index (κ2) is 10.2. The van der Waals surface area contributed by atoms with Gasteiger partial charge in [0.15, 0.2) is 23.3 Å². The molecule has 1 aliphatic rings. The lowest BCUT2D eigenvalue weighted by atomic mass is 9.93. The summed E-state index contributed by atoms with van der Waals surface area (Å²) in [5, 5.41) is 14.0. The van der Waals surface area contributed by atoms with Gasteiger partial charge in [0.25, 0.3) is 5.56 Å². The van der Waals surface area contributed by atoms with Gasteiger partial charge in [0.05, 0.1) is 30.2 Å². The van der Waals surface area contributed by atoms with E-state index < -0.39 is 35.2 Å². The molecule has 6 rings (SSSR count). The van der Waals surface area contributed by atoms with Gasteiger partial charge in [0.2, 0.25) is 0 Å². The van der Waals surface area contributed by atoms with Gasteiger partial charge in [0.1, 0.15) is 23.6 Å². The predicted octanol–water partition coefficient (Wildman–Crippen LogP) is 4.32. The van der Waals surface area contributed by atoms with Crippen molar-refractivity contribution in [1.82, 2.24) is 23.9 Å². The van der Waals surface area contributed by atoms with Gasteiger partial charge < -0.3 is 4.74 Å². The summed E-state index contributed by atoms with van der Waals surface area (Å²) in [5.41, 5.74) is 0.531. The van der Waals surface area contributed by atoms with Crippen LogP contribution in [-0.2, 0) is 26.6 Å². The molecule has 1 aliphatic heterocycles. The first-order valence-electron chi connectivity index (χ1n) is 12.7. The van der Waals surface area contributed by atoms with E-state index in [2.05, 4.69) is 16.2 Å². The summed E-state index contributed by atoms with van der Waals surface area (Å²) < 4.78 is 51.7. The van der Waals surface area contributed by atoms with Crippen LogP contribution in [0.25, 0.3) is 22.0 Å². The third-order valence-corrected chi connectivity index (χ3v) is 7.43. The molecule has 0 N–H and O–H groups in total. The minimum atomic E-state index is -1.64. The van der Waals surface area contributed by atoms with Crippen LogP contribution in [0, 0.1) is 28.8 Å². The molecule has 5 aromatic rings. The number of rotatable bonds is 5. The fourth-order valence-electron chi connectivity index (χ4n) is 5.25. The molecule has 3 aromatic carbocycles. The lowest BCUT2D eigenvalue weighted by Crippen LogP contribution is -2.41. The highest BCUT2D eigenvalue weighted by Crippen LogP contribution is 2.43. The summed E-state index contributed by atoms with van der Waals surface area (Å²) in [5.74, 6) is -4.08. The molecule has 0 bridgehead atoms. The van der Waals surface area contributed by atoms with Gasteiger partial charge in [-0.2, -0.15) is 10.4 Å². The van der Waals surface area contributed by atoms with Crippen LogP contribution in [0.3, 0.4) is 0 Å². The molecule has 1 unspecified atom stereocenters. The van der Waals surface area contributed by atoms with Crippen molar-refractivity contribution in [2.24, 2.45) is 7.05 Å². The SMILES string of the molecule is CC1Cc2c(-c3cc(C#N)ccc3Cl)cc3c(c2O1)c(=O)n(Cc1ncn(C)n1)c(=O)n3Cc1cc(F)c(F)c(F)c1. The minimum Gasteiger partial charge on any atom is -0.489 e. The van der Waals surface area contributed by atoms with Crippen LogP contribution in [0.2, 0.25) is 5.02 Å². The molecule has 0 spiro atoms. The molecule has 13 heteroatoms. The van der Waals surface area contributed by atoms with Crippen molar-refractivity contribution in [3.63, 3.8) is 0 Å². The molecule has 3 heterocycles. The molecule has 0 amide bonds. The van der Waals surface area contributed by atoms with Crippen molar-refractivity contribution in [2.45, 2.75) is 32.5 Å². The Morgan fingerprint density at radius 3 is 2.48 bits per heavy atom. The molecule has 0 saturated carbocycles. The van der Waals surface area contributed by atoms with Crippen molar-refractivity contribution in [3.8, 4) is 22.9 Å². The van der Waals surface area contributed by atoms with Crippen LogP contribution in [0.4, 0.5) is 13.2 Å². The maximum Gasteiger partial charge on any atom is 0.332 e. The average Bonchev–Trinajstić information content (AvgIpc) is 3.55. The average molecular weight is 593 g/mol. The van der Waals surface area contributed by atoms with Gasteiger partial charge in [-0.05, 0) is 54.4 Å². The molecular weight excluding hydrogens is 573 g/mol. The summed E-state index contributed by atoms with van der Waals surface area (Å²) >= 11 is 6.56. The zero-order chi connectivity index (χ0) is 29.9. The molecule has 0 radical (unpaired) electrons. The van der Waals surface area contributed by atoms with E-state index in [0.717, 1.165) is 21.3 Å². The van der Waals surface area contributed by atoms with E-state index in [9.17, 15) is 28.0 Å². The number of ether oxygens (including phenoxy) is 1. The summed E-state index contributed by atoms with van der Waals surface area (Å²) in [6.45, 7) is 1.11. The zero-order valence-electron chi connectivity index (χ0n) is 22.2. The van der Waals surface area contributed by atoms with E-state index in [1.807, 2.05) is 6.92 Å². The fourth-order valence-corrected chi connectivity index (χ4v) is 5.47. The maximum absolute atomic E-state index is 14.2. The highest BCUT2D eigenvalue weighted by molar-refractivity contribution is 6.33. The Balaban J connectivity index is 1.70. The highest BCUT2D eigenvalue weighted by atomic mass is 35.5. The van der Waals surface area contributed by atoms with Crippen LogP contribution >= 0.6 is 11.6 Å². The van der Waals surface area contributed by atoms with Gasteiger partial charge in [-0.15, -0.1) is 0 Å². The lowest BCUT2D eigenvalue weighted by Gasteiger charge is -2.18. The zero-order valence-corrected chi connectivity index (χ0v) is 22.9. The van der Waals surface area contributed by atoms with E-state index in [4.69, 9.17) is 16.3 Å². The quantitative estimate of drug-likeness (QED) is 0.281. The van der Waals surface area contributed by atoms with Crippen molar-refractivity contribution < 1.29 is 17.9 Å². The smallest absolute Gasteiger partial charge is 0.332 e. The van der Waals surface area contributed by atoms with E-state index in [0.29, 0.717) is 33.7 Å². The Kier molecular flexibility index (Phi) is 6.62. The number of benzene rings is 3. The summed E-state index contributed by atoms with van der Waals surface area (Å²) in [6.07, 6.45) is 1.48. The first-order valence-corrected chi connectivity index (χ1v) is 13.1. The normalized spacial score (nSPS) is 14.2. The van der Waals surface area contributed by atoms with E-state index in [1.54, 1.807) is 31.3 Å². The molecule has 0 aliphatic carbocycles. The van der Waals surface area contributed by atoms with Crippen molar-refractivity contribution in [2.75, 3.05) is 0 Å². The number of aryl methyl sites for hydroxylation is 1. The second-order valence-corrected chi connectivity index (χ2v) is 10.4. The van der Waals surface area contributed by atoms with Crippen molar-refractivity contribution in [1.29, 1.82) is 5.26 Å². The van der Waals surface area contributed by atoms with Crippen LogP contribution in [0.1, 0.15) is 29.4 Å². The molecule has 212 valence electrons. The fraction of sp³-hybridized carbons (Fsp3) is 0.207. The third-order valence-electron chi connectivity index (χ3n) is 7.10. The monoisotopic (exact) mass is 592 g/mol. The minimum absolute atomic E-state index is 0.0585. The molecule has 1 atom stereocenters. The van der Waals surface area contributed by atoms with Crippen molar-refractivity contribution >= 4 is 22.5 Å². The topological polar surface area (TPSA) is 108 Å². The number of hydrogen-bond acceptors (Lipinski definition) is 6. The Hall–Kier alpha value is -4.89. The Labute approximate surface area is 240 Å². The van der Waals surface area contributed by atoms with Gasteiger partial charge >= 0.3 is 5.69 Å². The van der Waals surface area contributed by atoms with Crippen molar-refractivity contribution in [3.05, 3.63) is 109 Å². The van der Waals surface area contributed by atoms with Crippen LogP contribution < -0.4 is 16.0 Å². The van der Waals surface area contributed by atoms with E-state index in [-0.39, 0.29) is 40.7 Å². The molecule has 9 nitrogen and oxygen atoms in total. The van der Waals surface area contributed by atoms with E-state index in [1.165, 1.54) is 11.0 Å². The molecular formula is C29H20ClF3N6O3. The van der Waals surface area contributed by atoms with Gasteiger partial charge in [0, 0.05) is 29.6 Å². The maximum atomic E-state index is 14.2. The van der Waals surface area contributed by atoms with Crippen LogP contribution in [-0.4, -0.2) is 30.0 Å². The predicted molar refractivity (Wildman–Crippen MR) is 147 cm³/mol. The summed E-state index contributed by atoms with van der Waals surface area (Å²) in [7, 11) is 1.63. The number of fused-ring (bicyclic) bond motifs is 3. The third kappa shape index (κ3) is 4.52. The van der Waals surface area contributed by atoms with Crippen LogP contribution in [0.5, 0.6) is 5.75 Å². The molecule has 42 heavy (non-hydrogen) atoms. The standard InChI is InChI=1S/C29H20ClF3N6O3/c1-14-5-19-17(18-6-15(10-34)3-4-20(18)30)9-23-25(27(19)42-14)28(40)39(12-24-35-13-37(2)36-24)29(41)38(23)11-16-7-21(31)26(33)22(32)8-16/h3-4,6-9,13-14H,5,11-12H2,1-2H3.